The molecule has 0 saturated heterocycles. The molecule has 1 aliphatic rings. The zero-order chi connectivity index (χ0) is 12.6. The Labute approximate surface area is 96.0 Å². The fourth-order valence-corrected chi connectivity index (χ4v) is 2.16. The van der Waals surface area contributed by atoms with Gasteiger partial charge in [-0.1, -0.05) is 0 Å². The van der Waals surface area contributed by atoms with Gasteiger partial charge in [-0.2, -0.15) is 0 Å². The summed E-state index contributed by atoms with van der Waals surface area (Å²) in [6, 6.07) is 0.552. The van der Waals surface area contributed by atoms with Crippen molar-refractivity contribution in [3.8, 4) is 0 Å². The average molecular weight is 246 g/mol. The van der Waals surface area contributed by atoms with Gasteiger partial charge in [0.05, 0.1) is 0 Å². The predicted molar refractivity (Wildman–Crippen MR) is 57.5 cm³/mol. The largest absolute Gasteiger partial charge is 0.394 e. The van der Waals surface area contributed by atoms with Gasteiger partial charge in [-0.05, 0) is 12.8 Å². The number of rotatable bonds is 1. The first-order valence-corrected chi connectivity index (χ1v) is 5.44. The summed E-state index contributed by atoms with van der Waals surface area (Å²) in [6.07, 6.45) is 0.805. The van der Waals surface area contributed by atoms with Crippen LogP contribution in [0.3, 0.4) is 0 Å². The fourth-order valence-electron chi connectivity index (χ4n) is 2.16. The molecule has 94 valence electrons. The SMILES string of the molecule is Nc1cc(F)cn(C2CCC(F)(F)CC2)c1=O. The molecular formula is C11H13F3N2O. The van der Waals surface area contributed by atoms with Crippen molar-refractivity contribution < 1.29 is 13.2 Å². The highest BCUT2D eigenvalue weighted by atomic mass is 19.3. The van der Waals surface area contributed by atoms with E-state index in [9.17, 15) is 18.0 Å². The fraction of sp³-hybridized carbons (Fsp3) is 0.545. The lowest BCUT2D eigenvalue weighted by Crippen LogP contribution is -2.32. The molecule has 0 aliphatic heterocycles. The molecule has 1 saturated carbocycles. The Hall–Kier alpha value is -1.46. The van der Waals surface area contributed by atoms with Crippen LogP contribution in [0.4, 0.5) is 18.9 Å². The van der Waals surface area contributed by atoms with Crippen LogP contribution in [-0.2, 0) is 0 Å². The quantitative estimate of drug-likeness (QED) is 0.826. The molecule has 6 heteroatoms. The zero-order valence-corrected chi connectivity index (χ0v) is 9.13. The monoisotopic (exact) mass is 246 g/mol. The molecule has 1 heterocycles. The number of hydrogen-bond acceptors (Lipinski definition) is 2. The summed E-state index contributed by atoms with van der Waals surface area (Å²) in [5.41, 5.74) is 4.66. The first kappa shape index (κ1) is 12.0. The van der Waals surface area contributed by atoms with Crippen molar-refractivity contribution in [1.29, 1.82) is 0 Å². The van der Waals surface area contributed by atoms with Crippen LogP contribution in [0.25, 0.3) is 0 Å². The molecule has 17 heavy (non-hydrogen) atoms. The molecule has 0 amide bonds. The summed E-state index contributed by atoms with van der Waals surface area (Å²) in [4.78, 5) is 11.7. The molecule has 0 bridgehead atoms. The first-order valence-electron chi connectivity index (χ1n) is 5.44. The molecule has 1 fully saturated rings. The summed E-state index contributed by atoms with van der Waals surface area (Å²) in [6.45, 7) is 0. The van der Waals surface area contributed by atoms with E-state index in [1.165, 1.54) is 0 Å². The van der Waals surface area contributed by atoms with Crippen molar-refractivity contribution in [3.63, 3.8) is 0 Å². The third kappa shape index (κ3) is 2.45. The number of halogens is 3. The number of anilines is 1. The number of aromatic nitrogens is 1. The number of nitrogens with zero attached hydrogens (tertiary/aromatic N) is 1. The van der Waals surface area contributed by atoms with Gasteiger partial charge in [0.25, 0.3) is 5.56 Å². The summed E-state index contributed by atoms with van der Waals surface area (Å²) in [5, 5.41) is 0. The van der Waals surface area contributed by atoms with Gasteiger partial charge in [0.15, 0.2) is 0 Å². The van der Waals surface area contributed by atoms with Crippen LogP contribution < -0.4 is 11.3 Å². The number of nitrogens with two attached hydrogens (primary N) is 1. The topological polar surface area (TPSA) is 48.0 Å². The lowest BCUT2D eigenvalue weighted by Gasteiger charge is -2.29. The van der Waals surface area contributed by atoms with E-state index in [1.54, 1.807) is 0 Å². The second kappa shape index (κ2) is 4.09. The van der Waals surface area contributed by atoms with Gasteiger partial charge in [0.2, 0.25) is 5.92 Å². The van der Waals surface area contributed by atoms with Crippen LogP contribution in [0.1, 0.15) is 31.7 Å². The van der Waals surface area contributed by atoms with E-state index in [1.807, 2.05) is 0 Å². The predicted octanol–water partition coefficient (Wildman–Crippen LogP) is 2.32. The van der Waals surface area contributed by atoms with Crippen LogP contribution in [0.15, 0.2) is 17.1 Å². The Kier molecular flexibility index (Phi) is 2.89. The lowest BCUT2D eigenvalue weighted by atomic mass is 9.92. The average Bonchev–Trinajstić information content (AvgIpc) is 2.24. The first-order chi connectivity index (χ1) is 7.89. The van der Waals surface area contributed by atoms with Gasteiger partial charge in [-0.15, -0.1) is 0 Å². The molecule has 0 aromatic carbocycles. The van der Waals surface area contributed by atoms with E-state index in [0.29, 0.717) is 0 Å². The highest BCUT2D eigenvalue weighted by Gasteiger charge is 2.35. The summed E-state index contributed by atoms with van der Waals surface area (Å²) < 4.78 is 40.2. The highest BCUT2D eigenvalue weighted by Crippen LogP contribution is 2.37. The van der Waals surface area contributed by atoms with E-state index in [0.717, 1.165) is 16.8 Å². The van der Waals surface area contributed by atoms with Gasteiger partial charge in [-0.3, -0.25) is 4.79 Å². The van der Waals surface area contributed by atoms with E-state index in [-0.39, 0.29) is 37.4 Å². The Bertz CT molecular complexity index is 474. The minimum atomic E-state index is -2.67. The number of pyridine rings is 1. The second-order valence-electron chi connectivity index (χ2n) is 4.41. The smallest absolute Gasteiger partial charge is 0.274 e. The van der Waals surface area contributed by atoms with Gasteiger partial charge in [0, 0.05) is 31.1 Å². The van der Waals surface area contributed by atoms with Crippen molar-refractivity contribution in [1.82, 2.24) is 4.57 Å². The lowest BCUT2D eigenvalue weighted by molar-refractivity contribution is -0.0442. The zero-order valence-electron chi connectivity index (χ0n) is 9.13. The second-order valence-corrected chi connectivity index (χ2v) is 4.41. The maximum Gasteiger partial charge on any atom is 0.274 e. The molecule has 0 unspecified atom stereocenters. The van der Waals surface area contributed by atoms with E-state index < -0.39 is 17.3 Å². The van der Waals surface area contributed by atoms with Crippen LogP contribution in [-0.4, -0.2) is 10.5 Å². The molecular weight excluding hydrogens is 233 g/mol. The highest BCUT2D eigenvalue weighted by molar-refractivity contribution is 5.34. The van der Waals surface area contributed by atoms with Gasteiger partial charge >= 0.3 is 0 Å². The molecule has 1 aromatic rings. The van der Waals surface area contributed by atoms with Gasteiger partial charge in [0.1, 0.15) is 11.5 Å². The van der Waals surface area contributed by atoms with Gasteiger partial charge < -0.3 is 10.3 Å². The minimum absolute atomic E-state index is 0.163. The number of hydrogen-bond donors (Lipinski definition) is 1. The van der Waals surface area contributed by atoms with Crippen LogP contribution in [0, 0.1) is 5.82 Å². The summed E-state index contributed by atoms with van der Waals surface area (Å²) >= 11 is 0. The van der Waals surface area contributed by atoms with Crippen molar-refractivity contribution in [2.24, 2.45) is 0 Å². The standard InChI is InChI=1S/C11H13F3N2O/c12-7-5-9(15)10(17)16(6-7)8-1-3-11(13,14)4-2-8/h5-6,8H,1-4,15H2. The Balaban J connectivity index is 2.27. The molecule has 0 atom stereocenters. The normalized spacial score (nSPS) is 20.4. The third-order valence-corrected chi connectivity index (χ3v) is 3.12. The van der Waals surface area contributed by atoms with Gasteiger partial charge in [-0.25, -0.2) is 13.2 Å². The van der Waals surface area contributed by atoms with Crippen LogP contribution in [0.5, 0.6) is 0 Å². The Morgan fingerprint density at radius 2 is 1.94 bits per heavy atom. The maximum absolute atomic E-state index is 13.1. The molecule has 3 nitrogen and oxygen atoms in total. The van der Waals surface area contributed by atoms with Crippen LogP contribution in [0.2, 0.25) is 0 Å². The van der Waals surface area contributed by atoms with Crippen LogP contribution >= 0.6 is 0 Å². The van der Waals surface area contributed by atoms with E-state index in [4.69, 9.17) is 5.73 Å². The Morgan fingerprint density at radius 1 is 1.35 bits per heavy atom. The van der Waals surface area contributed by atoms with Crippen molar-refractivity contribution in [2.45, 2.75) is 37.6 Å². The molecule has 0 radical (unpaired) electrons. The molecule has 2 rings (SSSR count). The Morgan fingerprint density at radius 3 is 2.53 bits per heavy atom. The molecule has 1 aromatic heterocycles. The summed E-state index contributed by atoms with van der Waals surface area (Å²) in [7, 11) is 0. The molecule has 2 N–H and O–H groups in total. The number of nitrogen functional groups attached to an aromatic ring is 1. The van der Waals surface area contributed by atoms with E-state index >= 15 is 0 Å². The molecule has 0 spiro atoms. The molecule has 1 aliphatic carbocycles. The summed E-state index contributed by atoms with van der Waals surface area (Å²) in [5.74, 6) is -3.29. The third-order valence-electron chi connectivity index (χ3n) is 3.12. The minimum Gasteiger partial charge on any atom is -0.394 e. The van der Waals surface area contributed by atoms with E-state index in [2.05, 4.69) is 0 Å². The maximum atomic E-state index is 13.1. The van der Waals surface area contributed by atoms with Crippen molar-refractivity contribution in [3.05, 3.63) is 28.4 Å². The number of alkyl halides is 2. The van der Waals surface area contributed by atoms with Crippen molar-refractivity contribution >= 4 is 5.69 Å². The van der Waals surface area contributed by atoms with Crippen molar-refractivity contribution in [2.75, 3.05) is 5.73 Å².